The molecule has 6 heteroatoms. The smallest absolute Gasteiger partial charge is 0.313 e. The van der Waals surface area contributed by atoms with Crippen LogP contribution in [0, 0.1) is 0 Å². The van der Waals surface area contributed by atoms with Gasteiger partial charge in [0.05, 0.1) is 16.9 Å². The number of ketones is 2. The van der Waals surface area contributed by atoms with Crippen molar-refractivity contribution in [2.24, 2.45) is 0 Å². The van der Waals surface area contributed by atoms with E-state index in [1.165, 1.54) is 29.8 Å². The third kappa shape index (κ3) is 5.46. The highest BCUT2D eigenvalue weighted by molar-refractivity contribution is 7.12. The summed E-state index contributed by atoms with van der Waals surface area (Å²) in [5, 5.41) is 3.70. The van der Waals surface area contributed by atoms with Crippen LogP contribution in [-0.2, 0) is 9.53 Å². The molecule has 2 heterocycles. The van der Waals surface area contributed by atoms with Crippen molar-refractivity contribution in [3.8, 4) is 0 Å². The van der Waals surface area contributed by atoms with Gasteiger partial charge in [-0.15, -0.1) is 22.7 Å². The number of rotatable bonds is 4. The fourth-order valence-corrected chi connectivity index (χ4v) is 2.50. The lowest BCUT2D eigenvalue weighted by Crippen LogP contribution is -2.07. The van der Waals surface area contributed by atoms with E-state index in [1.54, 1.807) is 24.4 Å². The predicted molar refractivity (Wildman–Crippen MR) is 79.6 cm³/mol. The van der Waals surface area contributed by atoms with Gasteiger partial charge in [-0.1, -0.05) is 12.1 Å². The van der Waals surface area contributed by atoms with Crippen LogP contribution in [-0.4, -0.2) is 24.6 Å². The molecule has 0 aliphatic rings. The molecular weight excluding hydrogens is 296 g/mol. The number of thiophene rings is 2. The van der Waals surface area contributed by atoms with Crippen LogP contribution < -0.4 is 0 Å². The summed E-state index contributed by atoms with van der Waals surface area (Å²) in [5.41, 5.74) is 0. The van der Waals surface area contributed by atoms with E-state index in [-0.39, 0.29) is 18.0 Å². The number of hydrogen-bond acceptors (Lipinski definition) is 6. The first-order chi connectivity index (χ1) is 9.54. The van der Waals surface area contributed by atoms with Gasteiger partial charge in [0.1, 0.15) is 6.42 Å². The number of hydrogen-bond donors (Lipinski definition) is 0. The van der Waals surface area contributed by atoms with Gasteiger partial charge in [0.2, 0.25) is 0 Å². The Balaban J connectivity index is 0.000000217. The van der Waals surface area contributed by atoms with Gasteiger partial charge in [-0.25, -0.2) is 0 Å². The first-order valence-corrected chi connectivity index (χ1v) is 7.48. The first-order valence-electron chi connectivity index (χ1n) is 5.72. The Kier molecular flexibility index (Phi) is 6.83. The second-order valence-corrected chi connectivity index (χ2v) is 5.58. The van der Waals surface area contributed by atoms with Crippen molar-refractivity contribution in [3.63, 3.8) is 0 Å². The van der Waals surface area contributed by atoms with Crippen LogP contribution in [0.1, 0.15) is 32.7 Å². The summed E-state index contributed by atoms with van der Waals surface area (Å²) < 4.78 is 4.36. The third-order valence-electron chi connectivity index (χ3n) is 2.20. The summed E-state index contributed by atoms with van der Waals surface area (Å²) in [6.07, 6.45) is -0.170. The second-order valence-electron chi connectivity index (χ2n) is 3.69. The minimum absolute atomic E-state index is 0.153. The second kappa shape index (κ2) is 8.39. The molecule has 0 bridgehead atoms. The Morgan fingerprint density at radius 1 is 1.05 bits per heavy atom. The maximum absolute atomic E-state index is 11.2. The lowest BCUT2D eigenvalue weighted by molar-refractivity contribution is -0.139. The van der Waals surface area contributed by atoms with Crippen LogP contribution in [0.15, 0.2) is 35.0 Å². The molecule has 0 aliphatic heterocycles. The molecule has 0 aliphatic carbocycles. The van der Waals surface area contributed by atoms with Gasteiger partial charge in [-0.3, -0.25) is 14.4 Å². The van der Waals surface area contributed by atoms with Crippen LogP contribution in [0.25, 0.3) is 0 Å². The van der Waals surface area contributed by atoms with Crippen molar-refractivity contribution < 1.29 is 19.1 Å². The zero-order chi connectivity index (χ0) is 15.0. The summed E-state index contributed by atoms with van der Waals surface area (Å²) in [6.45, 7) is 1.58. The van der Waals surface area contributed by atoms with Gasteiger partial charge in [0, 0.05) is 0 Å². The zero-order valence-corrected chi connectivity index (χ0v) is 12.8. The molecule has 2 aromatic rings. The Morgan fingerprint density at radius 2 is 1.60 bits per heavy atom. The Bertz CT molecular complexity index is 556. The van der Waals surface area contributed by atoms with Crippen LogP contribution in [0.2, 0.25) is 0 Å². The van der Waals surface area contributed by atoms with Gasteiger partial charge in [-0.2, -0.15) is 0 Å². The maximum Gasteiger partial charge on any atom is 0.313 e. The monoisotopic (exact) mass is 310 g/mol. The van der Waals surface area contributed by atoms with E-state index in [9.17, 15) is 14.4 Å². The largest absolute Gasteiger partial charge is 0.469 e. The standard InChI is InChI=1S/C8H8O3S.C6H6OS/c1-11-8(10)5-6(9)7-3-2-4-12-7;1-5(7)6-3-2-4-8-6/h2-4H,5H2,1H3;2-4H,1H3. The lowest BCUT2D eigenvalue weighted by atomic mass is 10.2. The molecule has 106 valence electrons. The van der Waals surface area contributed by atoms with Gasteiger partial charge in [-0.05, 0) is 29.8 Å². The molecule has 0 fully saturated rings. The van der Waals surface area contributed by atoms with E-state index in [4.69, 9.17) is 0 Å². The topological polar surface area (TPSA) is 60.4 Å². The van der Waals surface area contributed by atoms with Crippen molar-refractivity contribution in [2.75, 3.05) is 7.11 Å². The summed E-state index contributed by atoms with van der Waals surface area (Å²) >= 11 is 2.81. The van der Waals surface area contributed by atoms with Gasteiger partial charge in [0.25, 0.3) is 0 Å². The van der Waals surface area contributed by atoms with Crippen molar-refractivity contribution >= 4 is 40.2 Å². The highest BCUT2D eigenvalue weighted by Gasteiger charge is 2.11. The summed E-state index contributed by atoms with van der Waals surface area (Å²) in [6, 6.07) is 7.17. The first kappa shape index (κ1) is 16.3. The van der Waals surface area contributed by atoms with E-state index < -0.39 is 5.97 Å². The molecule has 2 rings (SSSR count). The fourth-order valence-electron chi connectivity index (χ4n) is 1.21. The number of methoxy groups -OCH3 is 1. The zero-order valence-electron chi connectivity index (χ0n) is 11.1. The quantitative estimate of drug-likeness (QED) is 0.493. The summed E-state index contributed by atoms with van der Waals surface area (Å²) in [5.74, 6) is -0.523. The molecule has 2 aromatic heterocycles. The molecule has 4 nitrogen and oxygen atoms in total. The number of carbonyl (C=O) groups excluding carboxylic acids is 3. The van der Waals surface area contributed by atoms with Gasteiger partial charge >= 0.3 is 5.97 Å². The van der Waals surface area contributed by atoms with E-state index in [0.717, 1.165) is 4.88 Å². The maximum atomic E-state index is 11.2. The van der Waals surface area contributed by atoms with Crippen molar-refractivity contribution in [1.82, 2.24) is 0 Å². The molecular formula is C14H14O4S2. The Morgan fingerprint density at radius 3 is 1.95 bits per heavy atom. The lowest BCUT2D eigenvalue weighted by Gasteiger charge is -1.95. The van der Waals surface area contributed by atoms with Crippen LogP contribution in [0.5, 0.6) is 0 Å². The average Bonchev–Trinajstić information content (AvgIpc) is 3.12. The molecule has 0 amide bonds. The van der Waals surface area contributed by atoms with E-state index in [2.05, 4.69) is 4.74 Å². The molecule has 0 aromatic carbocycles. The summed E-state index contributed by atoms with van der Waals surface area (Å²) in [7, 11) is 1.27. The molecule has 0 radical (unpaired) electrons. The number of carbonyl (C=O) groups is 3. The molecule has 20 heavy (non-hydrogen) atoms. The average molecular weight is 310 g/mol. The molecule has 0 N–H and O–H groups in total. The summed E-state index contributed by atoms with van der Waals surface area (Å²) in [4.78, 5) is 33.8. The number of ether oxygens (including phenoxy) is 1. The van der Waals surface area contributed by atoms with Crippen LogP contribution in [0.4, 0.5) is 0 Å². The Labute approximate surface area is 125 Å². The Hall–Kier alpha value is -1.79. The van der Waals surface area contributed by atoms with E-state index >= 15 is 0 Å². The molecule has 0 saturated heterocycles. The van der Waals surface area contributed by atoms with E-state index in [0.29, 0.717) is 4.88 Å². The highest BCUT2D eigenvalue weighted by Crippen LogP contribution is 2.11. The minimum atomic E-state index is -0.492. The molecule has 0 saturated carbocycles. The van der Waals surface area contributed by atoms with Crippen molar-refractivity contribution in [1.29, 1.82) is 0 Å². The minimum Gasteiger partial charge on any atom is -0.469 e. The molecule has 0 atom stereocenters. The SMILES string of the molecule is CC(=O)c1cccs1.COC(=O)CC(=O)c1cccs1. The van der Waals surface area contributed by atoms with Crippen molar-refractivity contribution in [3.05, 3.63) is 44.8 Å². The van der Waals surface area contributed by atoms with Gasteiger partial charge in [0.15, 0.2) is 11.6 Å². The van der Waals surface area contributed by atoms with Crippen LogP contribution in [0.3, 0.4) is 0 Å². The third-order valence-corrected chi connectivity index (χ3v) is 4.08. The highest BCUT2D eigenvalue weighted by atomic mass is 32.1. The van der Waals surface area contributed by atoms with Crippen LogP contribution >= 0.6 is 22.7 Å². The number of esters is 1. The van der Waals surface area contributed by atoms with Crippen molar-refractivity contribution in [2.45, 2.75) is 13.3 Å². The van der Waals surface area contributed by atoms with E-state index in [1.807, 2.05) is 17.5 Å². The molecule has 0 unspecified atom stereocenters. The number of Topliss-reactive ketones (excluding diaryl/α,β-unsaturated/α-hetero) is 2. The predicted octanol–water partition coefficient (Wildman–Crippen LogP) is 3.44. The molecule has 0 spiro atoms. The van der Waals surface area contributed by atoms with Gasteiger partial charge < -0.3 is 4.74 Å². The normalized spacial score (nSPS) is 9.30. The fraction of sp³-hybridized carbons (Fsp3) is 0.214.